The molecule has 2 aromatic heterocycles. The van der Waals surface area contributed by atoms with E-state index in [4.69, 9.17) is 9.26 Å². The summed E-state index contributed by atoms with van der Waals surface area (Å²) in [6, 6.07) is 3.49. The fourth-order valence-corrected chi connectivity index (χ4v) is 1.15. The Morgan fingerprint density at radius 3 is 3.12 bits per heavy atom. The summed E-state index contributed by atoms with van der Waals surface area (Å²) in [6.07, 6.45) is 3.16. The minimum atomic E-state index is 0.508. The first-order valence-electron chi connectivity index (χ1n) is 4.97. The standard InChI is InChI=1S/C10H12N4O2/c1-2-15-9-3-5-11-10(13-9)12-7-8-4-6-16-14-8/h3-6H,2,7H2,1H3,(H,11,12,13). The molecule has 0 unspecified atom stereocenters. The predicted octanol–water partition coefficient (Wildman–Crippen LogP) is 1.48. The normalized spacial score (nSPS) is 10.1. The van der Waals surface area contributed by atoms with Gasteiger partial charge in [-0.05, 0) is 6.92 Å². The van der Waals surface area contributed by atoms with Gasteiger partial charge in [0.25, 0.3) is 0 Å². The molecule has 0 radical (unpaired) electrons. The number of nitrogens with one attached hydrogen (secondary N) is 1. The highest BCUT2D eigenvalue weighted by atomic mass is 16.5. The minimum absolute atomic E-state index is 0.508. The lowest BCUT2D eigenvalue weighted by atomic mass is 10.4. The van der Waals surface area contributed by atoms with Crippen molar-refractivity contribution in [2.45, 2.75) is 13.5 Å². The predicted molar refractivity (Wildman–Crippen MR) is 57.0 cm³/mol. The van der Waals surface area contributed by atoms with E-state index in [1.807, 2.05) is 6.92 Å². The van der Waals surface area contributed by atoms with Crippen molar-refractivity contribution in [1.29, 1.82) is 0 Å². The summed E-state index contributed by atoms with van der Waals surface area (Å²) in [5, 5.41) is 6.79. The van der Waals surface area contributed by atoms with E-state index in [1.54, 1.807) is 18.3 Å². The highest BCUT2D eigenvalue weighted by Gasteiger charge is 2.00. The molecule has 0 bridgehead atoms. The fourth-order valence-electron chi connectivity index (χ4n) is 1.15. The third-order valence-electron chi connectivity index (χ3n) is 1.84. The van der Waals surface area contributed by atoms with Crippen LogP contribution in [0.2, 0.25) is 0 Å². The maximum atomic E-state index is 5.26. The van der Waals surface area contributed by atoms with Gasteiger partial charge in [-0.2, -0.15) is 4.98 Å². The average molecular weight is 220 g/mol. The third kappa shape index (κ3) is 2.69. The molecule has 0 saturated heterocycles. The molecule has 0 aliphatic heterocycles. The van der Waals surface area contributed by atoms with Crippen molar-refractivity contribution in [3.63, 3.8) is 0 Å². The molecular weight excluding hydrogens is 208 g/mol. The third-order valence-corrected chi connectivity index (χ3v) is 1.84. The van der Waals surface area contributed by atoms with Crippen LogP contribution in [0.3, 0.4) is 0 Å². The Hall–Kier alpha value is -2.11. The van der Waals surface area contributed by atoms with Crippen molar-refractivity contribution in [1.82, 2.24) is 15.1 Å². The Kier molecular flexibility index (Phi) is 3.32. The Morgan fingerprint density at radius 2 is 2.38 bits per heavy atom. The van der Waals surface area contributed by atoms with Crippen molar-refractivity contribution >= 4 is 5.95 Å². The zero-order chi connectivity index (χ0) is 11.2. The Morgan fingerprint density at radius 1 is 1.44 bits per heavy atom. The van der Waals surface area contributed by atoms with Gasteiger partial charge in [0.15, 0.2) is 0 Å². The topological polar surface area (TPSA) is 73.1 Å². The van der Waals surface area contributed by atoms with E-state index < -0.39 is 0 Å². The van der Waals surface area contributed by atoms with Crippen LogP contribution in [0.5, 0.6) is 5.88 Å². The quantitative estimate of drug-likeness (QED) is 0.822. The van der Waals surface area contributed by atoms with E-state index in [0.29, 0.717) is 25.0 Å². The van der Waals surface area contributed by atoms with Gasteiger partial charge in [0.05, 0.1) is 13.2 Å². The van der Waals surface area contributed by atoms with E-state index in [2.05, 4.69) is 20.4 Å². The van der Waals surface area contributed by atoms with Gasteiger partial charge in [0.1, 0.15) is 12.0 Å². The molecule has 0 saturated carbocycles. The van der Waals surface area contributed by atoms with Gasteiger partial charge < -0.3 is 14.6 Å². The van der Waals surface area contributed by atoms with Gasteiger partial charge in [0.2, 0.25) is 11.8 Å². The lowest BCUT2D eigenvalue weighted by Gasteiger charge is -2.04. The number of hydrogen-bond donors (Lipinski definition) is 1. The van der Waals surface area contributed by atoms with Crippen LogP contribution in [0.1, 0.15) is 12.6 Å². The first kappa shape index (κ1) is 10.4. The second-order valence-corrected chi connectivity index (χ2v) is 3.00. The number of aromatic nitrogens is 3. The Labute approximate surface area is 92.7 Å². The van der Waals surface area contributed by atoms with Crippen LogP contribution >= 0.6 is 0 Å². The van der Waals surface area contributed by atoms with E-state index in [1.165, 1.54) is 6.26 Å². The van der Waals surface area contributed by atoms with Crippen LogP contribution in [-0.4, -0.2) is 21.7 Å². The van der Waals surface area contributed by atoms with E-state index in [0.717, 1.165) is 5.69 Å². The van der Waals surface area contributed by atoms with Gasteiger partial charge in [-0.3, -0.25) is 0 Å². The molecule has 16 heavy (non-hydrogen) atoms. The molecule has 84 valence electrons. The molecular formula is C10H12N4O2. The summed E-state index contributed by atoms with van der Waals surface area (Å²) in [5.74, 6) is 1.06. The van der Waals surface area contributed by atoms with Crippen molar-refractivity contribution < 1.29 is 9.26 Å². The van der Waals surface area contributed by atoms with Crippen LogP contribution in [0.4, 0.5) is 5.95 Å². The van der Waals surface area contributed by atoms with Crippen LogP contribution in [0, 0.1) is 0 Å². The number of anilines is 1. The number of rotatable bonds is 5. The molecule has 0 amide bonds. The number of nitrogens with zero attached hydrogens (tertiary/aromatic N) is 3. The zero-order valence-electron chi connectivity index (χ0n) is 8.88. The molecule has 6 nitrogen and oxygen atoms in total. The van der Waals surface area contributed by atoms with Crippen molar-refractivity contribution in [2.75, 3.05) is 11.9 Å². The highest BCUT2D eigenvalue weighted by Crippen LogP contribution is 2.08. The molecule has 0 spiro atoms. The lowest BCUT2D eigenvalue weighted by Crippen LogP contribution is -2.04. The van der Waals surface area contributed by atoms with Crippen LogP contribution < -0.4 is 10.1 Å². The van der Waals surface area contributed by atoms with Crippen LogP contribution in [0.15, 0.2) is 29.1 Å². The molecule has 2 rings (SSSR count). The lowest BCUT2D eigenvalue weighted by molar-refractivity contribution is 0.326. The molecule has 0 aromatic carbocycles. The van der Waals surface area contributed by atoms with E-state index >= 15 is 0 Å². The molecule has 0 atom stereocenters. The van der Waals surface area contributed by atoms with Crippen molar-refractivity contribution in [2.24, 2.45) is 0 Å². The summed E-state index contributed by atoms with van der Waals surface area (Å²) in [6.45, 7) is 3.01. The Balaban J connectivity index is 1.96. The first-order chi connectivity index (χ1) is 7.88. The summed E-state index contributed by atoms with van der Waals surface area (Å²) >= 11 is 0. The second kappa shape index (κ2) is 5.11. The number of ether oxygens (including phenoxy) is 1. The summed E-state index contributed by atoms with van der Waals surface area (Å²) in [5.41, 5.74) is 0.797. The molecule has 1 N–H and O–H groups in total. The molecule has 2 aromatic rings. The van der Waals surface area contributed by atoms with Gasteiger partial charge in [-0.25, -0.2) is 4.98 Å². The summed E-state index contributed by atoms with van der Waals surface area (Å²) in [7, 11) is 0. The molecule has 2 heterocycles. The summed E-state index contributed by atoms with van der Waals surface area (Å²) < 4.78 is 9.97. The van der Waals surface area contributed by atoms with Crippen molar-refractivity contribution in [3.05, 3.63) is 30.3 Å². The maximum Gasteiger partial charge on any atom is 0.226 e. The Bertz CT molecular complexity index is 430. The number of hydrogen-bond acceptors (Lipinski definition) is 6. The smallest absolute Gasteiger partial charge is 0.226 e. The monoisotopic (exact) mass is 220 g/mol. The zero-order valence-corrected chi connectivity index (χ0v) is 8.88. The molecule has 0 fully saturated rings. The molecule has 0 aliphatic carbocycles. The van der Waals surface area contributed by atoms with Gasteiger partial charge >= 0.3 is 0 Å². The van der Waals surface area contributed by atoms with Gasteiger partial charge in [-0.1, -0.05) is 5.16 Å². The van der Waals surface area contributed by atoms with Crippen LogP contribution in [0.25, 0.3) is 0 Å². The maximum absolute atomic E-state index is 5.26. The van der Waals surface area contributed by atoms with Gasteiger partial charge in [-0.15, -0.1) is 0 Å². The van der Waals surface area contributed by atoms with Crippen LogP contribution in [-0.2, 0) is 6.54 Å². The largest absolute Gasteiger partial charge is 0.478 e. The van der Waals surface area contributed by atoms with Crippen molar-refractivity contribution in [3.8, 4) is 5.88 Å². The van der Waals surface area contributed by atoms with E-state index in [9.17, 15) is 0 Å². The first-order valence-corrected chi connectivity index (χ1v) is 4.97. The minimum Gasteiger partial charge on any atom is -0.478 e. The van der Waals surface area contributed by atoms with E-state index in [-0.39, 0.29) is 0 Å². The average Bonchev–Trinajstić information content (AvgIpc) is 2.80. The summed E-state index contributed by atoms with van der Waals surface area (Å²) in [4.78, 5) is 8.22. The second-order valence-electron chi connectivity index (χ2n) is 3.00. The fraction of sp³-hybridized carbons (Fsp3) is 0.300. The molecule has 0 aliphatic rings. The van der Waals surface area contributed by atoms with Gasteiger partial charge in [0, 0.05) is 18.3 Å². The SMILES string of the molecule is CCOc1ccnc(NCc2ccon2)n1. The highest BCUT2D eigenvalue weighted by molar-refractivity contribution is 5.28. The molecule has 6 heteroatoms.